The summed E-state index contributed by atoms with van der Waals surface area (Å²) in [6.45, 7) is 9.01. The number of carbonyl (C=O) groups excluding carboxylic acids is 1. The van der Waals surface area contributed by atoms with Crippen LogP contribution in [0.15, 0.2) is 0 Å². The van der Waals surface area contributed by atoms with E-state index in [9.17, 15) is 24.6 Å². The van der Waals surface area contributed by atoms with Crippen molar-refractivity contribution in [2.24, 2.45) is 0 Å². The molecule has 0 saturated carbocycles. The van der Waals surface area contributed by atoms with Crippen LogP contribution in [0.25, 0.3) is 0 Å². The van der Waals surface area contributed by atoms with E-state index in [0.29, 0.717) is 6.42 Å². The van der Waals surface area contributed by atoms with Gasteiger partial charge in [-0.1, -0.05) is 252 Å². The first-order valence-electron chi connectivity index (χ1n) is 25.6. The highest BCUT2D eigenvalue weighted by Gasteiger charge is 2.44. The predicted octanol–water partition coefficient (Wildman–Crippen LogP) is 16.6. The molecule has 338 valence electrons. The Kier molecular flexibility index (Phi) is 40.0. The molecule has 0 radical (unpaired) electrons. The van der Waals surface area contributed by atoms with E-state index in [1.807, 2.05) is 4.90 Å². The van der Waals surface area contributed by atoms with Crippen LogP contribution in [0.3, 0.4) is 0 Å². The topological polar surface area (TPSA) is 94.9 Å². The smallest absolute Gasteiger partial charge is 0.326 e. The quantitative estimate of drug-likeness (QED) is 0.0598. The average Bonchev–Trinajstić information content (AvgIpc) is 3.19. The Morgan fingerprint density at radius 3 is 0.912 bits per heavy atom. The standard InChI is InChI=1S/C51H99NO5/c1-5-9-13-17-21-23-24-25-26-27-28-29-31-33-37-41-48(53)52(47(50(56)57)42-43-49(54)55)51(44-38-34-19-15-11-7-3,45-39-35-20-16-12-8-4)46-40-36-32-30-22-18-14-10-6-2/h47H,5-46H2,1-4H3,(H,54,55)(H,56,57)/t47-/m0/s1. The monoisotopic (exact) mass is 806 g/mol. The molecule has 0 fully saturated rings. The second-order valence-electron chi connectivity index (χ2n) is 18.1. The predicted molar refractivity (Wildman–Crippen MR) is 245 cm³/mol. The fourth-order valence-corrected chi connectivity index (χ4v) is 9.13. The van der Waals surface area contributed by atoms with Crippen LogP contribution in [0.4, 0.5) is 0 Å². The van der Waals surface area contributed by atoms with Crippen molar-refractivity contribution in [3.8, 4) is 0 Å². The molecule has 0 spiro atoms. The Balaban J connectivity index is 5.87. The lowest BCUT2D eigenvalue weighted by Crippen LogP contribution is -2.59. The van der Waals surface area contributed by atoms with Crippen molar-refractivity contribution in [2.45, 2.75) is 309 Å². The summed E-state index contributed by atoms with van der Waals surface area (Å²) in [4.78, 5) is 41.5. The van der Waals surface area contributed by atoms with Crippen LogP contribution in [0.5, 0.6) is 0 Å². The van der Waals surface area contributed by atoms with Crippen LogP contribution >= 0.6 is 0 Å². The van der Waals surface area contributed by atoms with E-state index in [1.165, 1.54) is 173 Å². The van der Waals surface area contributed by atoms with Crippen LogP contribution < -0.4 is 0 Å². The minimum atomic E-state index is -1.09. The highest BCUT2D eigenvalue weighted by atomic mass is 16.4. The minimum absolute atomic E-state index is 0.0260. The van der Waals surface area contributed by atoms with Crippen molar-refractivity contribution in [3.63, 3.8) is 0 Å². The average molecular weight is 806 g/mol. The van der Waals surface area contributed by atoms with Crippen molar-refractivity contribution in [1.82, 2.24) is 4.90 Å². The first-order valence-corrected chi connectivity index (χ1v) is 25.6. The van der Waals surface area contributed by atoms with Gasteiger partial charge in [0.2, 0.25) is 5.91 Å². The summed E-state index contributed by atoms with van der Waals surface area (Å²) in [7, 11) is 0. The van der Waals surface area contributed by atoms with E-state index in [1.54, 1.807) is 0 Å². The summed E-state index contributed by atoms with van der Waals surface area (Å²) in [6, 6.07) is -1.09. The number of aliphatic carboxylic acids is 2. The van der Waals surface area contributed by atoms with Crippen LogP contribution in [-0.2, 0) is 14.4 Å². The fraction of sp³-hybridized carbons (Fsp3) is 0.941. The Morgan fingerprint density at radius 1 is 0.386 bits per heavy atom. The SMILES string of the molecule is CCCCCCCCCCCCCCCCCC(=O)N([C@@H](CCC(=O)O)C(=O)O)C(CCCCCCCC)(CCCCCCCC)CCCCCCCCCCC. The molecule has 0 rings (SSSR count). The molecule has 57 heavy (non-hydrogen) atoms. The molecule has 0 aliphatic heterocycles. The second kappa shape index (κ2) is 41.2. The largest absolute Gasteiger partial charge is 0.481 e. The van der Waals surface area contributed by atoms with Gasteiger partial charge < -0.3 is 15.1 Å². The maximum atomic E-state index is 14.6. The van der Waals surface area contributed by atoms with Crippen LogP contribution in [0.2, 0.25) is 0 Å². The Bertz CT molecular complexity index is 890. The summed E-state index contributed by atoms with van der Waals surface area (Å²) in [6.07, 6.45) is 46.4. The van der Waals surface area contributed by atoms with Gasteiger partial charge in [0.1, 0.15) is 6.04 Å². The number of carboxylic acids is 2. The number of unbranched alkanes of at least 4 members (excludes halogenated alkanes) is 32. The zero-order valence-corrected chi connectivity index (χ0v) is 38.8. The summed E-state index contributed by atoms with van der Waals surface area (Å²) < 4.78 is 0. The Labute approximate surface area is 355 Å². The molecule has 0 aliphatic carbocycles. The summed E-state index contributed by atoms with van der Waals surface area (Å²) in [5.74, 6) is -2.08. The third-order valence-corrected chi connectivity index (χ3v) is 12.7. The number of carbonyl (C=O) groups is 3. The third kappa shape index (κ3) is 31.9. The van der Waals surface area contributed by atoms with Gasteiger partial charge in [-0.25, -0.2) is 4.79 Å². The van der Waals surface area contributed by atoms with E-state index >= 15 is 0 Å². The van der Waals surface area contributed by atoms with Crippen LogP contribution in [-0.4, -0.2) is 44.5 Å². The molecule has 0 bridgehead atoms. The molecule has 0 aromatic rings. The zero-order valence-electron chi connectivity index (χ0n) is 38.8. The Hall–Kier alpha value is -1.59. The lowest BCUT2D eigenvalue weighted by molar-refractivity contribution is -0.159. The molecule has 2 N–H and O–H groups in total. The molecule has 1 amide bonds. The van der Waals surface area contributed by atoms with Crippen molar-refractivity contribution < 1.29 is 24.6 Å². The van der Waals surface area contributed by atoms with E-state index in [-0.39, 0.29) is 18.7 Å². The molecule has 6 heteroatoms. The van der Waals surface area contributed by atoms with Gasteiger partial charge in [-0.3, -0.25) is 9.59 Å². The maximum Gasteiger partial charge on any atom is 0.326 e. The van der Waals surface area contributed by atoms with Gasteiger partial charge >= 0.3 is 11.9 Å². The first kappa shape index (κ1) is 55.4. The Morgan fingerprint density at radius 2 is 0.649 bits per heavy atom. The van der Waals surface area contributed by atoms with Gasteiger partial charge in [0.05, 0.1) is 0 Å². The molecule has 0 saturated heterocycles. The molecule has 6 nitrogen and oxygen atoms in total. The molecule has 0 aromatic heterocycles. The van der Waals surface area contributed by atoms with E-state index in [4.69, 9.17) is 0 Å². The van der Waals surface area contributed by atoms with Crippen molar-refractivity contribution in [1.29, 1.82) is 0 Å². The number of hydrogen-bond acceptors (Lipinski definition) is 3. The van der Waals surface area contributed by atoms with Crippen molar-refractivity contribution in [2.75, 3.05) is 0 Å². The highest BCUT2D eigenvalue weighted by Crippen LogP contribution is 2.38. The molecule has 1 atom stereocenters. The van der Waals surface area contributed by atoms with Gasteiger partial charge in [0.25, 0.3) is 0 Å². The second-order valence-corrected chi connectivity index (χ2v) is 18.1. The molecule has 0 aromatic carbocycles. The van der Waals surface area contributed by atoms with Crippen LogP contribution in [0.1, 0.15) is 297 Å². The molecule has 0 unspecified atom stereocenters. The zero-order chi connectivity index (χ0) is 42.1. The highest BCUT2D eigenvalue weighted by molar-refractivity contribution is 5.85. The van der Waals surface area contributed by atoms with Crippen molar-refractivity contribution >= 4 is 17.8 Å². The fourth-order valence-electron chi connectivity index (χ4n) is 9.13. The molecule has 0 heterocycles. The summed E-state index contributed by atoms with van der Waals surface area (Å²) >= 11 is 0. The minimum Gasteiger partial charge on any atom is -0.481 e. The number of nitrogens with zero attached hydrogens (tertiary/aromatic N) is 1. The molecule has 0 aliphatic rings. The first-order chi connectivity index (χ1) is 27.8. The van der Waals surface area contributed by atoms with E-state index in [0.717, 1.165) is 77.0 Å². The van der Waals surface area contributed by atoms with E-state index < -0.39 is 23.5 Å². The lowest BCUT2D eigenvalue weighted by atomic mass is 9.78. The number of rotatable bonds is 46. The molecular weight excluding hydrogens is 707 g/mol. The lowest BCUT2D eigenvalue weighted by Gasteiger charge is -2.48. The number of hydrogen-bond donors (Lipinski definition) is 2. The summed E-state index contributed by atoms with van der Waals surface area (Å²) in [5.41, 5.74) is -0.537. The van der Waals surface area contributed by atoms with Gasteiger partial charge in [-0.2, -0.15) is 0 Å². The molecular formula is C51H99NO5. The third-order valence-electron chi connectivity index (χ3n) is 12.7. The van der Waals surface area contributed by atoms with Gasteiger partial charge in [-0.15, -0.1) is 0 Å². The summed E-state index contributed by atoms with van der Waals surface area (Å²) in [5, 5.41) is 20.5. The van der Waals surface area contributed by atoms with Gasteiger partial charge in [-0.05, 0) is 32.1 Å². The van der Waals surface area contributed by atoms with E-state index in [2.05, 4.69) is 27.7 Å². The normalized spacial score (nSPS) is 12.3. The van der Waals surface area contributed by atoms with Crippen molar-refractivity contribution in [3.05, 3.63) is 0 Å². The van der Waals surface area contributed by atoms with Gasteiger partial charge in [0, 0.05) is 18.4 Å². The number of amides is 1. The van der Waals surface area contributed by atoms with Crippen LogP contribution in [0, 0.1) is 0 Å². The van der Waals surface area contributed by atoms with Gasteiger partial charge in [0.15, 0.2) is 0 Å². The maximum absolute atomic E-state index is 14.6. The number of carboxylic acid groups (broad SMARTS) is 2.